The summed E-state index contributed by atoms with van der Waals surface area (Å²) in [6, 6.07) is 8.83. The molecule has 0 unspecified atom stereocenters. The number of allylic oxidation sites excluding steroid dienone is 1. The van der Waals surface area contributed by atoms with E-state index in [1.54, 1.807) is 0 Å². The molecule has 1 aliphatic heterocycles. The number of hydrogen-bond donors (Lipinski definition) is 0. The van der Waals surface area contributed by atoms with Gasteiger partial charge in [-0.3, -0.25) is 0 Å². The van der Waals surface area contributed by atoms with E-state index in [1.165, 1.54) is 28.6 Å². The van der Waals surface area contributed by atoms with E-state index >= 15 is 0 Å². The number of rotatable bonds is 3. The standard InChI is InChI=1S/C15H13S5.ClHO4/c1-16-13-7-5-11(19-13)15(10-4-3-9-18-10)12-6-8-14(17-2)20-12;2-1(3,4)5/h3-9H,1-2H3;(H,2,3,4,5)/q+1;/p-1/b15-11+;. The molecule has 0 saturated heterocycles. The van der Waals surface area contributed by atoms with Gasteiger partial charge >= 0.3 is 0 Å². The molecule has 0 fully saturated rings. The molecule has 2 aromatic heterocycles. The van der Waals surface area contributed by atoms with Gasteiger partial charge in [-0.1, -0.05) is 6.07 Å². The van der Waals surface area contributed by atoms with E-state index in [0.29, 0.717) is 0 Å². The molecular formula is C15H13ClO4S5. The van der Waals surface area contributed by atoms with Gasteiger partial charge in [-0.2, -0.15) is 0 Å². The molecule has 1 aliphatic rings. The first kappa shape index (κ1) is 21.1. The summed E-state index contributed by atoms with van der Waals surface area (Å²) < 4.78 is 36.7. The van der Waals surface area contributed by atoms with Crippen molar-refractivity contribution < 1.29 is 28.9 Å². The van der Waals surface area contributed by atoms with Gasteiger partial charge in [0.2, 0.25) is 0 Å². The number of hydrogen-bond acceptors (Lipinski definition) is 8. The van der Waals surface area contributed by atoms with Crippen LogP contribution in [0.3, 0.4) is 0 Å². The van der Waals surface area contributed by atoms with E-state index in [0.717, 1.165) is 0 Å². The van der Waals surface area contributed by atoms with Crippen LogP contribution in [-0.4, -0.2) is 16.7 Å². The zero-order valence-electron chi connectivity index (χ0n) is 13.1. The van der Waals surface area contributed by atoms with Crippen LogP contribution in [0.2, 0.25) is 0 Å². The summed E-state index contributed by atoms with van der Waals surface area (Å²) in [5, 5.41) is 2.15. The van der Waals surface area contributed by atoms with Gasteiger partial charge in [0.15, 0.2) is 17.6 Å². The van der Waals surface area contributed by atoms with Crippen LogP contribution in [0, 0.1) is 10.2 Å². The fourth-order valence-electron chi connectivity index (χ4n) is 1.91. The lowest BCUT2D eigenvalue weighted by atomic mass is 10.1. The van der Waals surface area contributed by atoms with Gasteiger partial charge in [0.1, 0.15) is 0 Å². The summed E-state index contributed by atoms with van der Waals surface area (Å²) in [5.41, 5.74) is 1.38. The maximum Gasteiger partial charge on any atom is 0.262 e. The van der Waals surface area contributed by atoms with Gasteiger partial charge in [0.05, 0.1) is 4.21 Å². The highest BCUT2D eigenvalue weighted by Gasteiger charge is 2.21. The molecule has 134 valence electrons. The normalized spacial score (nSPS) is 17.6. The van der Waals surface area contributed by atoms with Crippen LogP contribution in [0.5, 0.6) is 0 Å². The third kappa shape index (κ3) is 6.79. The van der Waals surface area contributed by atoms with E-state index in [9.17, 15) is 0 Å². The van der Waals surface area contributed by atoms with Crippen molar-refractivity contribution in [2.75, 3.05) is 12.5 Å². The molecule has 0 spiro atoms. The van der Waals surface area contributed by atoms with E-state index < -0.39 is 10.2 Å². The lowest BCUT2D eigenvalue weighted by Gasteiger charge is -2.17. The minimum Gasteiger partial charge on any atom is -0.222 e. The molecule has 0 aromatic carbocycles. The summed E-state index contributed by atoms with van der Waals surface area (Å²) in [6.07, 6.45) is 8.75. The van der Waals surface area contributed by atoms with Crippen molar-refractivity contribution >= 4 is 67.3 Å². The zero-order valence-corrected chi connectivity index (χ0v) is 17.9. The molecule has 0 atom stereocenters. The third-order valence-corrected chi connectivity index (χ3v) is 8.08. The first-order chi connectivity index (χ1) is 11.8. The Balaban J connectivity index is 0.000000399. The van der Waals surface area contributed by atoms with Gasteiger partial charge in [0.25, 0.3) is 4.20 Å². The smallest absolute Gasteiger partial charge is 0.222 e. The Morgan fingerprint density at radius 2 is 1.80 bits per heavy atom. The molecule has 0 aliphatic carbocycles. The van der Waals surface area contributed by atoms with Crippen LogP contribution in [-0.2, 0) is 11.4 Å². The molecule has 0 saturated carbocycles. The topological polar surface area (TPSA) is 92.2 Å². The Morgan fingerprint density at radius 3 is 2.28 bits per heavy atom. The minimum absolute atomic E-state index is 1.36. The van der Waals surface area contributed by atoms with Crippen LogP contribution in [0.15, 0.2) is 50.9 Å². The average molecular weight is 453 g/mol. The average Bonchev–Trinajstić information content (AvgIpc) is 3.28. The van der Waals surface area contributed by atoms with Crippen molar-refractivity contribution in [3.8, 4) is 0 Å². The second kappa shape index (κ2) is 9.65. The highest BCUT2D eigenvalue weighted by Crippen LogP contribution is 2.42. The minimum atomic E-state index is -4.94. The van der Waals surface area contributed by atoms with Gasteiger partial charge in [-0.25, -0.2) is 18.6 Å². The molecule has 2 aromatic rings. The van der Waals surface area contributed by atoms with Crippen LogP contribution in [0.25, 0.3) is 5.57 Å². The third-order valence-electron chi connectivity index (χ3n) is 2.83. The van der Waals surface area contributed by atoms with Crippen molar-refractivity contribution in [3.05, 3.63) is 56.5 Å². The van der Waals surface area contributed by atoms with Crippen molar-refractivity contribution in [3.63, 3.8) is 0 Å². The lowest BCUT2D eigenvalue weighted by Crippen LogP contribution is -2.68. The van der Waals surface area contributed by atoms with Crippen molar-refractivity contribution in [1.29, 1.82) is 0 Å². The second-order valence-corrected chi connectivity index (χ2v) is 10.5. The summed E-state index contributed by atoms with van der Waals surface area (Å²) in [4.78, 5) is 4.09. The largest absolute Gasteiger partial charge is 0.262 e. The Morgan fingerprint density at radius 1 is 1.08 bits per heavy atom. The highest BCUT2D eigenvalue weighted by molar-refractivity contribution is 8.26. The predicted octanol–water partition coefficient (Wildman–Crippen LogP) is 0.680. The van der Waals surface area contributed by atoms with E-state index in [1.807, 2.05) is 57.5 Å². The zero-order chi connectivity index (χ0) is 18.4. The Bertz CT molecular complexity index is 781. The second-order valence-electron chi connectivity index (χ2n) is 4.38. The summed E-state index contributed by atoms with van der Waals surface area (Å²) in [5.74, 6) is 0. The number of thiophene rings is 2. The first-order valence-electron chi connectivity index (χ1n) is 6.62. The molecule has 3 heterocycles. The summed E-state index contributed by atoms with van der Waals surface area (Å²) >= 11 is 9.22. The Labute approximate surface area is 168 Å². The van der Waals surface area contributed by atoms with Crippen LogP contribution in [0.1, 0.15) is 9.75 Å². The molecule has 0 radical (unpaired) electrons. The Kier molecular flexibility index (Phi) is 8.15. The molecular weight excluding hydrogens is 440 g/mol. The summed E-state index contributed by atoms with van der Waals surface area (Å²) in [7, 11) is -4.94. The molecule has 0 bridgehead atoms. The van der Waals surface area contributed by atoms with Crippen LogP contribution >= 0.6 is 46.2 Å². The van der Waals surface area contributed by atoms with Gasteiger partial charge in [-0.15, -0.1) is 44.7 Å². The van der Waals surface area contributed by atoms with Gasteiger partial charge in [0, 0.05) is 26.3 Å². The molecule has 3 rings (SSSR count). The maximum atomic E-state index is 8.49. The monoisotopic (exact) mass is 452 g/mol. The van der Waals surface area contributed by atoms with Crippen LogP contribution in [0.4, 0.5) is 0 Å². The van der Waals surface area contributed by atoms with E-state index in [-0.39, 0.29) is 0 Å². The quantitative estimate of drug-likeness (QED) is 0.386. The molecule has 4 nitrogen and oxygen atoms in total. The van der Waals surface area contributed by atoms with Crippen molar-refractivity contribution in [1.82, 2.24) is 0 Å². The molecule has 0 amide bonds. The number of thioether (sulfide) groups is 2. The maximum absolute atomic E-state index is 8.49. The molecule has 10 heteroatoms. The SMILES string of the molecule is CSc1ccc(/C(=C2\C=CC(=[S+]C)S2)c2cccs2)s1.[O-][Cl+3]([O-])([O-])[O-]. The fourth-order valence-corrected chi connectivity index (χ4v) is 6.14. The van der Waals surface area contributed by atoms with E-state index in [4.69, 9.17) is 18.6 Å². The molecule has 25 heavy (non-hydrogen) atoms. The highest BCUT2D eigenvalue weighted by atomic mass is 35.7. The predicted molar refractivity (Wildman–Crippen MR) is 101 cm³/mol. The van der Waals surface area contributed by atoms with E-state index in [2.05, 4.69) is 54.3 Å². The fraction of sp³-hybridized carbons (Fsp3) is 0.133. The first-order valence-corrected chi connectivity index (χ1v) is 12.8. The van der Waals surface area contributed by atoms with Gasteiger partial charge < -0.3 is 0 Å². The molecule has 0 N–H and O–H groups in total. The van der Waals surface area contributed by atoms with Crippen molar-refractivity contribution in [2.45, 2.75) is 4.21 Å². The summed E-state index contributed by atoms with van der Waals surface area (Å²) in [6.45, 7) is 0. The lowest BCUT2D eigenvalue weighted by molar-refractivity contribution is -2.00. The van der Waals surface area contributed by atoms with Crippen molar-refractivity contribution in [2.24, 2.45) is 0 Å². The number of halogens is 1. The Hall–Kier alpha value is -0.200. The van der Waals surface area contributed by atoms with Crippen LogP contribution < -0.4 is 18.6 Å². The van der Waals surface area contributed by atoms with Gasteiger partial charge in [-0.05, 0) is 47.7 Å².